The van der Waals surface area contributed by atoms with E-state index in [0.717, 1.165) is 27.8 Å². The molecule has 2 aromatic carbocycles. The fraction of sp³-hybridized carbons (Fsp3) is 0.200. The highest BCUT2D eigenvalue weighted by Gasteiger charge is 2.14. The number of fused-ring (bicyclic) bond motifs is 1. The van der Waals surface area contributed by atoms with Gasteiger partial charge in [0.05, 0.1) is 7.11 Å². The van der Waals surface area contributed by atoms with Crippen molar-refractivity contribution in [3.63, 3.8) is 0 Å². The van der Waals surface area contributed by atoms with Gasteiger partial charge in [0, 0.05) is 42.3 Å². The van der Waals surface area contributed by atoms with Crippen LogP contribution in [0.2, 0.25) is 0 Å². The maximum absolute atomic E-state index is 13.4. The summed E-state index contributed by atoms with van der Waals surface area (Å²) in [6.45, 7) is 2.26. The maximum atomic E-state index is 13.4. The van der Waals surface area contributed by atoms with E-state index in [1.165, 1.54) is 18.5 Å². The van der Waals surface area contributed by atoms with Crippen LogP contribution in [0.1, 0.15) is 37.7 Å². The lowest BCUT2D eigenvalue weighted by atomic mass is 10.1. The minimum absolute atomic E-state index is 0.0737. The Morgan fingerprint density at radius 3 is 2.53 bits per heavy atom. The fourth-order valence-electron chi connectivity index (χ4n) is 3.60. The van der Waals surface area contributed by atoms with Gasteiger partial charge < -0.3 is 20.4 Å². The highest BCUT2D eigenvalue weighted by molar-refractivity contribution is 5.97. The number of H-pyrrole nitrogens is 1. The SMILES string of the molecule is COc1ccc2c(CCNC(=O)c3cc(C(=O)NCc4ccc(F)c(C)c4)ncn3)c[nH]c2c1. The number of rotatable bonds is 8. The first-order valence-electron chi connectivity index (χ1n) is 10.7. The molecular formula is C25H24FN5O3. The summed E-state index contributed by atoms with van der Waals surface area (Å²) in [7, 11) is 1.62. The lowest BCUT2D eigenvalue weighted by Gasteiger charge is -2.08. The van der Waals surface area contributed by atoms with E-state index in [9.17, 15) is 14.0 Å². The van der Waals surface area contributed by atoms with Gasteiger partial charge in [-0.2, -0.15) is 0 Å². The summed E-state index contributed by atoms with van der Waals surface area (Å²) in [4.78, 5) is 36.2. The predicted molar refractivity (Wildman–Crippen MR) is 125 cm³/mol. The molecule has 2 heterocycles. The van der Waals surface area contributed by atoms with Crippen molar-refractivity contribution in [3.8, 4) is 5.75 Å². The summed E-state index contributed by atoms with van der Waals surface area (Å²) in [5.74, 6) is -0.378. The summed E-state index contributed by atoms with van der Waals surface area (Å²) in [6.07, 6.45) is 3.71. The van der Waals surface area contributed by atoms with E-state index >= 15 is 0 Å². The van der Waals surface area contributed by atoms with E-state index in [-0.39, 0.29) is 23.7 Å². The van der Waals surface area contributed by atoms with Crippen molar-refractivity contribution in [1.82, 2.24) is 25.6 Å². The molecule has 0 radical (unpaired) electrons. The number of hydrogen-bond donors (Lipinski definition) is 3. The molecule has 3 N–H and O–H groups in total. The van der Waals surface area contributed by atoms with Gasteiger partial charge in [-0.1, -0.05) is 12.1 Å². The normalized spacial score (nSPS) is 10.8. The number of hydrogen-bond acceptors (Lipinski definition) is 5. The van der Waals surface area contributed by atoms with Crippen LogP contribution in [-0.4, -0.2) is 40.4 Å². The van der Waals surface area contributed by atoms with Crippen molar-refractivity contribution in [2.24, 2.45) is 0 Å². The number of aryl methyl sites for hydroxylation is 1. The van der Waals surface area contributed by atoms with Crippen LogP contribution in [0, 0.1) is 12.7 Å². The van der Waals surface area contributed by atoms with Crippen LogP contribution in [0.4, 0.5) is 4.39 Å². The second-order valence-corrected chi connectivity index (χ2v) is 7.79. The molecule has 2 aromatic heterocycles. The van der Waals surface area contributed by atoms with Crippen molar-refractivity contribution in [1.29, 1.82) is 0 Å². The third kappa shape index (κ3) is 5.20. The van der Waals surface area contributed by atoms with Crippen LogP contribution < -0.4 is 15.4 Å². The zero-order chi connectivity index (χ0) is 24.1. The molecule has 0 spiro atoms. The van der Waals surface area contributed by atoms with Gasteiger partial charge in [-0.15, -0.1) is 0 Å². The lowest BCUT2D eigenvalue weighted by molar-refractivity contribution is 0.0945. The number of halogens is 1. The predicted octanol–water partition coefficient (Wildman–Crippen LogP) is 3.32. The standard InChI is InChI=1S/C25H24FN5O3/c1-15-9-16(3-6-20(15)26)12-29-25(33)23-11-22(30-14-31-23)24(32)27-8-7-17-13-28-21-10-18(34-2)4-5-19(17)21/h3-6,9-11,13-14,28H,7-8,12H2,1-2H3,(H,27,32)(H,29,33). The van der Waals surface area contributed by atoms with E-state index in [2.05, 4.69) is 25.6 Å². The van der Waals surface area contributed by atoms with Gasteiger partial charge in [0.25, 0.3) is 11.8 Å². The Morgan fingerprint density at radius 2 is 1.79 bits per heavy atom. The third-order valence-corrected chi connectivity index (χ3v) is 5.46. The zero-order valence-corrected chi connectivity index (χ0v) is 18.8. The molecule has 9 heteroatoms. The smallest absolute Gasteiger partial charge is 0.270 e. The lowest BCUT2D eigenvalue weighted by Crippen LogP contribution is -2.28. The van der Waals surface area contributed by atoms with E-state index < -0.39 is 11.8 Å². The largest absolute Gasteiger partial charge is 0.497 e. The molecule has 2 amide bonds. The minimum Gasteiger partial charge on any atom is -0.497 e. The van der Waals surface area contributed by atoms with E-state index in [1.807, 2.05) is 24.4 Å². The molecule has 0 saturated heterocycles. The molecule has 0 unspecified atom stereocenters. The zero-order valence-electron chi connectivity index (χ0n) is 18.8. The second kappa shape index (κ2) is 10.1. The van der Waals surface area contributed by atoms with E-state index in [4.69, 9.17) is 4.74 Å². The Kier molecular flexibility index (Phi) is 6.82. The van der Waals surface area contributed by atoms with Crippen LogP contribution in [-0.2, 0) is 13.0 Å². The Labute approximate surface area is 195 Å². The van der Waals surface area contributed by atoms with Gasteiger partial charge in [0.1, 0.15) is 29.3 Å². The molecule has 0 fully saturated rings. The van der Waals surface area contributed by atoms with Crippen LogP contribution in [0.3, 0.4) is 0 Å². The number of carbonyl (C=O) groups is 2. The van der Waals surface area contributed by atoms with Crippen LogP contribution in [0.25, 0.3) is 10.9 Å². The van der Waals surface area contributed by atoms with Gasteiger partial charge >= 0.3 is 0 Å². The number of methoxy groups -OCH3 is 1. The molecule has 34 heavy (non-hydrogen) atoms. The number of carbonyl (C=O) groups excluding carboxylic acids is 2. The summed E-state index contributed by atoms with van der Waals surface area (Å²) in [5, 5.41) is 6.61. The van der Waals surface area contributed by atoms with Crippen molar-refractivity contribution in [2.45, 2.75) is 19.9 Å². The Bertz CT molecular complexity index is 1350. The molecule has 0 bridgehead atoms. The third-order valence-electron chi connectivity index (χ3n) is 5.46. The van der Waals surface area contributed by atoms with Crippen molar-refractivity contribution in [3.05, 3.63) is 88.9 Å². The number of benzene rings is 2. The molecule has 174 valence electrons. The van der Waals surface area contributed by atoms with Crippen molar-refractivity contribution < 1.29 is 18.7 Å². The number of nitrogens with zero attached hydrogens (tertiary/aromatic N) is 2. The number of ether oxygens (including phenoxy) is 1. The Hall–Kier alpha value is -4.27. The van der Waals surface area contributed by atoms with E-state index in [0.29, 0.717) is 18.5 Å². The van der Waals surface area contributed by atoms with Gasteiger partial charge in [-0.25, -0.2) is 14.4 Å². The van der Waals surface area contributed by atoms with Gasteiger partial charge in [0.15, 0.2) is 0 Å². The molecular weight excluding hydrogens is 437 g/mol. The topological polar surface area (TPSA) is 109 Å². The van der Waals surface area contributed by atoms with Crippen LogP contribution >= 0.6 is 0 Å². The maximum Gasteiger partial charge on any atom is 0.270 e. The molecule has 0 aliphatic heterocycles. The minimum atomic E-state index is -0.451. The molecule has 0 aliphatic rings. The highest BCUT2D eigenvalue weighted by atomic mass is 19.1. The van der Waals surface area contributed by atoms with Crippen LogP contribution in [0.15, 0.2) is 55.0 Å². The quantitative estimate of drug-likeness (QED) is 0.373. The molecule has 4 rings (SSSR count). The van der Waals surface area contributed by atoms with Gasteiger partial charge in [0.2, 0.25) is 0 Å². The summed E-state index contributed by atoms with van der Waals surface area (Å²) in [5.41, 5.74) is 3.46. The first-order chi connectivity index (χ1) is 16.4. The average Bonchev–Trinajstić information content (AvgIpc) is 3.26. The number of amides is 2. The van der Waals surface area contributed by atoms with Crippen molar-refractivity contribution >= 4 is 22.7 Å². The number of aromatic amines is 1. The number of nitrogens with one attached hydrogen (secondary N) is 3. The first-order valence-corrected chi connectivity index (χ1v) is 10.7. The summed E-state index contributed by atoms with van der Waals surface area (Å²) < 4.78 is 18.6. The summed E-state index contributed by atoms with van der Waals surface area (Å²) in [6, 6.07) is 11.8. The fourth-order valence-corrected chi connectivity index (χ4v) is 3.60. The van der Waals surface area contributed by atoms with Gasteiger partial charge in [-0.05, 0) is 48.2 Å². The molecule has 4 aromatic rings. The summed E-state index contributed by atoms with van der Waals surface area (Å²) >= 11 is 0. The Morgan fingerprint density at radius 1 is 1.03 bits per heavy atom. The molecule has 0 saturated carbocycles. The number of aromatic nitrogens is 3. The van der Waals surface area contributed by atoms with Crippen LogP contribution in [0.5, 0.6) is 5.75 Å². The molecule has 0 aliphatic carbocycles. The molecule has 8 nitrogen and oxygen atoms in total. The molecule has 0 atom stereocenters. The Balaban J connectivity index is 1.33. The highest BCUT2D eigenvalue weighted by Crippen LogP contribution is 2.23. The van der Waals surface area contributed by atoms with Crippen molar-refractivity contribution in [2.75, 3.05) is 13.7 Å². The first kappa shape index (κ1) is 22.9. The van der Waals surface area contributed by atoms with Gasteiger partial charge in [-0.3, -0.25) is 9.59 Å². The monoisotopic (exact) mass is 461 g/mol. The van der Waals surface area contributed by atoms with E-state index in [1.54, 1.807) is 26.2 Å². The second-order valence-electron chi connectivity index (χ2n) is 7.79. The average molecular weight is 461 g/mol.